The maximum atomic E-state index is 10.5. The summed E-state index contributed by atoms with van der Waals surface area (Å²) in [6, 6.07) is 0. The summed E-state index contributed by atoms with van der Waals surface area (Å²) in [6.07, 6.45) is 15.5. The van der Waals surface area contributed by atoms with E-state index in [4.69, 9.17) is 9.84 Å². The van der Waals surface area contributed by atoms with Gasteiger partial charge in [0.1, 0.15) is 0 Å². The SMILES string of the molecule is CC/C=C\C/C=C\C/C=C\C[C@H]1O[C@@H]([C@H](O)/C=C/[C@@H](O)CCC(=O)O)C[C@@H]1O. The van der Waals surface area contributed by atoms with E-state index in [1.165, 1.54) is 12.2 Å². The summed E-state index contributed by atoms with van der Waals surface area (Å²) in [7, 11) is 0. The maximum Gasteiger partial charge on any atom is 0.303 e. The van der Waals surface area contributed by atoms with Gasteiger partial charge in [-0.3, -0.25) is 4.79 Å². The molecule has 28 heavy (non-hydrogen) atoms. The Bertz CT molecular complexity index is 551. The molecule has 1 rings (SSSR count). The first-order valence-corrected chi connectivity index (χ1v) is 9.98. The van der Waals surface area contributed by atoms with Gasteiger partial charge >= 0.3 is 5.97 Å². The zero-order valence-electron chi connectivity index (χ0n) is 16.6. The lowest BCUT2D eigenvalue weighted by atomic mass is 10.0. The van der Waals surface area contributed by atoms with Crippen LogP contribution in [0.15, 0.2) is 48.6 Å². The van der Waals surface area contributed by atoms with Gasteiger partial charge in [-0.1, -0.05) is 55.5 Å². The average molecular weight is 395 g/mol. The molecule has 158 valence electrons. The third kappa shape index (κ3) is 10.6. The molecule has 1 aliphatic heterocycles. The largest absolute Gasteiger partial charge is 0.481 e. The summed E-state index contributed by atoms with van der Waals surface area (Å²) >= 11 is 0. The molecule has 0 radical (unpaired) electrons. The van der Waals surface area contributed by atoms with Crippen LogP contribution in [0.25, 0.3) is 0 Å². The lowest BCUT2D eigenvalue weighted by molar-refractivity contribution is -0.137. The minimum atomic E-state index is -0.977. The number of rotatable bonds is 13. The number of ether oxygens (including phenoxy) is 1. The smallest absolute Gasteiger partial charge is 0.303 e. The van der Waals surface area contributed by atoms with Gasteiger partial charge < -0.3 is 25.2 Å². The van der Waals surface area contributed by atoms with Crippen LogP contribution in [0.4, 0.5) is 0 Å². The van der Waals surface area contributed by atoms with E-state index in [0.29, 0.717) is 12.8 Å². The standard InChI is InChI=1S/C22H34O6/c1-2-3-4-5-6-7-8-9-10-11-20-19(25)16-21(28-20)18(24)14-12-17(23)13-15-22(26)27/h3-4,6-7,9-10,12,14,17-21,23-25H,2,5,8,11,13,15-16H2,1H3,(H,26,27)/b4-3-,7-6-,10-9-,14-12+/t17-,18-,19+,20-,21-/m1/s1. The van der Waals surface area contributed by atoms with Gasteiger partial charge in [0.25, 0.3) is 0 Å². The summed E-state index contributed by atoms with van der Waals surface area (Å²) in [6.45, 7) is 2.11. The van der Waals surface area contributed by atoms with E-state index in [-0.39, 0.29) is 18.9 Å². The molecule has 1 aliphatic rings. The van der Waals surface area contributed by atoms with E-state index in [9.17, 15) is 20.1 Å². The Hall–Kier alpha value is -1.73. The number of carboxylic acid groups (broad SMARTS) is 1. The molecule has 0 aromatic carbocycles. The van der Waals surface area contributed by atoms with Crippen LogP contribution in [0.2, 0.25) is 0 Å². The molecule has 1 saturated heterocycles. The van der Waals surface area contributed by atoms with Gasteiger partial charge in [0, 0.05) is 12.8 Å². The Balaban J connectivity index is 2.32. The monoisotopic (exact) mass is 394 g/mol. The molecular weight excluding hydrogens is 360 g/mol. The fourth-order valence-electron chi connectivity index (χ4n) is 2.87. The number of carbonyl (C=O) groups is 1. The molecule has 0 saturated carbocycles. The summed E-state index contributed by atoms with van der Waals surface area (Å²) in [5, 5.41) is 38.5. The predicted octanol–water partition coefficient (Wildman–Crippen LogP) is 2.90. The van der Waals surface area contributed by atoms with Gasteiger partial charge in [-0.15, -0.1) is 0 Å². The molecule has 5 atom stereocenters. The van der Waals surface area contributed by atoms with E-state index in [0.717, 1.165) is 19.3 Å². The van der Waals surface area contributed by atoms with Gasteiger partial charge in [-0.25, -0.2) is 0 Å². The van der Waals surface area contributed by atoms with Crippen molar-refractivity contribution in [3.8, 4) is 0 Å². The fourth-order valence-corrected chi connectivity index (χ4v) is 2.87. The molecule has 0 amide bonds. The van der Waals surface area contributed by atoms with E-state index in [1.54, 1.807) is 0 Å². The Morgan fingerprint density at radius 1 is 1.07 bits per heavy atom. The Morgan fingerprint density at radius 2 is 1.71 bits per heavy atom. The molecule has 0 aromatic rings. The lowest BCUT2D eigenvalue weighted by Gasteiger charge is -2.16. The molecule has 0 bridgehead atoms. The van der Waals surface area contributed by atoms with Gasteiger partial charge in [0.15, 0.2) is 0 Å². The first kappa shape index (κ1) is 24.3. The second-order valence-corrected chi connectivity index (χ2v) is 6.92. The number of aliphatic hydroxyl groups excluding tert-OH is 3. The van der Waals surface area contributed by atoms with Gasteiger partial charge in [-0.05, 0) is 32.1 Å². The molecule has 6 nitrogen and oxygen atoms in total. The number of allylic oxidation sites excluding steroid dienone is 5. The van der Waals surface area contributed by atoms with Crippen LogP contribution >= 0.6 is 0 Å². The first-order chi connectivity index (χ1) is 13.4. The normalized spacial score (nSPS) is 25.5. The molecular formula is C22H34O6. The molecule has 1 fully saturated rings. The Labute approximate surface area is 167 Å². The third-order valence-electron chi connectivity index (χ3n) is 4.47. The van der Waals surface area contributed by atoms with Gasteiger partial charge in [0.2, 0.25) is 0 Å². The van der Waals surface area contributed by atoms with Crippen molar-refractivity contribution in [3.63, 3.8) is 0 Å². The molecule has 1 heterocycles. The first-order valence-electron chi connectivity index (χ1n) is 9.98. The van der Waals surface area contributed by atoms with Gasteiger partial charge in [-0.2, -0.15) is 0 Å². The van der Waals surface area contributed by atoms with Crippen LogP contribution in [-0.4, -0.2) is 56.9 Å². The maximum absolute atomic E-state index is 10.5. The zero-order chi connectivity index (χ0) is 20.8. The van der Waals surface area contributed by atoms with Crippen molar-refractivity contribution >= 4 is 5.97 Å². The Morgan fingerprint density at radius 3 is 2.36 bits per heavy atom. The van der Waals surface area contributed by atoms with Crippen LogP contribution in [0, 0.1) is 0 Å². The van der Waals surface area contributed by atoms with Crippen LogP contribution in [0.3, 0.4) is 0 Å². The predicted molar refractivity (Wildman–Crippen MR) is 109 cm³/mol. The molecule has 0 aromatic heterocycles. The van der Waals surface area contributed by atoms with Crippen molar-refractivity contribution in [1.29, 1.82) is 0 Å². The fraction of sp³-hybridized carbons (Fsp3) is 0.591. The number of carboxylic acids is 1. The van der Waals surface area contributed by atoms with Crippen LogP contribution in [0.1, 0.15) is 51.9 Å². The molecule has 4 N–H and O–H groups in total. The van der Waals surface area contributed by atoms with Crippen LogP contribution in [0.5, 0.6) is 0 Å². The number of hydrogen-bond donors (Lipinski definition) is 4. The van der Waals surface area contributed by atoms with E-state index in [2.05, 4.69) is 31.2 Å². The van der Waals surface area contributed by atoms with E-state index in [1.807, 2.05) is 12.2 Å². The van der Waals surface area contributed by atoms with Crippen molar-refractivity contribution in [2.75, 3.05) is 0 Å². The zero-order valence-corrected chi connectivity index (χ0v) is 16.6. The van der Waals surface area contributed by atoms with Crippen molar-refractivity contribution < 1.29 is 30.0 Å². The molecule has 0 unspecified atom stereocenters. The van der Waals surface area contributed by atoms with Crippen molar-refractivity contribution in [2.24, 2.45) is 0 Å². The molecule has 0 aliphatic carbocycles. The van der Waals surface area contributed by atoms with Crippen LogP contribution in [-0.2, 0) is 9.53 Å². The van der Waals surface area contributed by atoms with E-state index >= 15 is 0 Å². The van der Waals surface area contributed by atoms with Crippen molar-refractivity contribution in [2.45, 2.75) is 82.4 Å². The second-order valence-electron chi connectivity index (χ2n) is 6.92. The minimum Gasteiger partial charge on any atom is -0.481 e. The topological polar surface area (TPSA) is 107 Å². The average Bonchev–Trinajstić information content (AvgIpc) is 3.03. The third-order valence-corrected chi connectivity index (χ3v) is 4.47. The summed E-state index contributed by atoms with van der Waals surface area (Å²) in [5.74, 6) is -0.977. The highest BCUT2D eigenvalue weighted by atomic mass is 16.5. The highest BCUT2D eigenvalue weighted by molar-refractivity contribution is 5.66. The number of aliphatic hydroxyl groups is 3. The second kappa shape index (κ2) is 14.3. The molecule has 6 heteroatoms. The summed E-state index contributed by atoms with van der Waals surface area (Å²) in [4.78, 5) is 10.5. The lowest BCUT2D eigenvalue weighted by Crippen LogP contribution is -2.24. The highest BCUT2D eigenvalue weighted by Crippen LogP contribution is 2.26. The van der Waals surface area contributed by atoms with Crippen molar-refractivity contribution in [3.05, 3.63) is 48.6 Å². The minimum absolute atomic E-state index is 0.0868. The van der Waals surface area contributed by atoms with Crippen molar-refractivity contribution in [1.82, 2.24) is 0 Å². The summed E-state index contributed by atoms with van der Waals surface area (Å²) in [5.41, 5.74) is 0. The van der Waals surface area contributed by atoms with Gasteiger partial charge in [0.05, 0.1) is 30.5 Å². The quantitative estimate of drug-likeness (QED) is 0.358. The number of hydrogen-bond acceptors (Lipinski definition) is 5. The number of aliphatic carboxylic acids is 1. The van der Waals surface area contributed by atoms with Crippen LogP contribution < -0.4 is 0 Å². The highest BCUT2D eigenvalue weighted by Gasteiger charge is 2.36. The summed E-state index contributed by atoms with van der Waals surface area (Å²) < 4.78 is 5.73. The van der Waals surface area contributed by atoms with E-state index < -0.39 is 30.4 Å². The Kier molecular flexibility index (Phi) is 12.4. The molecule has 0 spiro atoms.